The Kier molecular flexibility index (Phi) is 6.04. The van der Waals surface area contributed by atoms with E-state index >= 15 is 0 Å². The molecule has 31 heavy (non-hydrogen) atoms. The lowest BCUT2D eigenvalue weighted by molar-refractivity contribution is 0.171. The lowest BCUT2D eigenvalue weighted by Gasteiger charge is -2.26. The third kappa shape index (κ3) is 4.46. The summed E-state index contributed by atoms with van der Waals surface area (Å²) >= 11 is 0. The van der Waals surface area contributed by atoms with Crippen molar-refractivity contribution < 1.29 is 22.6 Å². The van der Waals surface area contributed by atoms with Crippen LogP contribution < -0.4 is 18.5 Å². The quantitative estimate of drug-likeness (QED) is 0.540. The number of sulfonamides is 1. The number of nitrogens with zero attached hydrogens (tertiary/aromatic N) is 1. The Morgan fingerprint density at radius 2 is 1.65 bits per heavy atom. The van der Waals surface area contributed by atoms with Crippen LogP contribution in [0.2, 0.25) is 0 Å². The first kappa shape index (κ1) is 21.1. The van der Waals surface area contributed by atoms with E-state index in [1.54, 1.807) is 36.4 Å². The van der Waals surface area contributed by atoms with E-state index in [0.717, 1.165) is 11.1 Å². The van der Waals surface area contributed by atoms with Crippen molar-refractivity contribution in [3.05, 3.63) is 77.9 Å². The third-order valence-electron chi connectivity index (χ3n) is 5.11. The van der Waals surface area contributed by atoms with E-state index in [4.69, 9.17) is 14.2 Å². The summed E-state index contributed by atoms with van der Waals surface area (Å²) in [7, 11) is -3.87. The Bertz CT molecular complexity index is 1160. The second-order valence-corrected chi connectivity index (χ2v) is 9.03. The van der Waals surface area contributed by atoms with Gasteiger partial charge >= 0.3 is 0 Å². The van der Waals surface area contributed by atoms with Gasteiger partial charge in [-0.2, -0.15) is 0 Å². The molecule has 0 radical (unpaired) electrons. The lowest BCUT2D eigenvalue weighted by Crippen LogP contribution is -2.31. The Morgan fingerprint density at radius 3 is 2.35 bits per heavy atom. The maximum atomic E-state index is 13.7. The fourth-order valence-corrected chi connectivity index (χ4v) is 4.90. The van der Waals surface area contributed by atoms with Crippen LogP contribution in [0.1, 0.15) is 18.1 Å². The Morgan fingerprint density at radius 1 is 0.935 bits per heavy atom. The summed E-state index contributed by atoms with van der Waals surface area (Å²) in [5, 5.41) is 0. The number of hydrogen-bond acceptors (Lipinski definition) is 5. The van der Waals surface area contributed by atoms with E-state index in [0.29, 0.717) is 42.8 Å². The minimum Gasteiger partial charge on any atom is -0.494 e. The molecule has 0 N–H and O–H groups in total. The molecular formula is C24H25NO5S. The van der Waals surface area contributed by atoms with Gasteiger partial charge in [0.15, 0.2) is 11.5 Å². The van der Waals surface area contributed by atoms with Gasteiger partial charge in [0, 0.05) is 6.07 Å². The number of fused-ring (bicyclic) bond motifs is 1. The van der Waals surface area contributed by atoms with Crippen molar-refractivity contribution >= 4 is 15.7 Å². The highest BCUT2D eigenvalue weighted by Gasteiger charge is 2.27. The van der Waals surface area contributed by atoms with E-state index in [1.807, 2.05) is 38.1 Å². The summed E-state index contributed by atoms with van der Waals surface area (Å²) in [6.45, 7) is 5.47. The van der Waals surface area contributed by atoms with Crippen molar-refractivity contribution in [3.63, 3.8) is 0 Å². The van der Waals surface area contributed by atoms with Gasteiger partial charge in [-0.15, -0.1) is 0 Å². The molecule has 6 nitrogen and oxygen atoms in total. The van der Waals surface area contributed by atoms with Crippen LogP contribution in [-0.4, -0.2) is 28.2 Å². The van der Waals surface area contributed by atoms with E-state index in [-0.39, 0.29) is 11.4 Å². The molecule has 0 bridgehead atoms. The van der Waals surface area contributed by atoms with Gasteiger partial charge in [-0.1, -0.05) is 24.3 Å². The maximum Gasteiger partial charge on any atom is 0.264 e. The average molecular weight is 440 g/mol. The first-order valence-corrected chi connectivity index (χ1v) is 11.6. The molecule has 1 aliphatic heterocycles. The Balaban J connectivity index is 1.76. The summed E-state index contributed by atoms with van der Waals surface area (Å²) in [4.78, 5) is 0.152. The summed E-state index contributed by atoms with van der Waals surface area (Å²) in [6.07, 6.45) is 0. The highest BCUT2D eigenvalue weighted by Crippen LogP contribution is 2.35. The van der Waals surface area contributed by atoms with E-state index in [1.165, 1.54) is 10.4 Å². The number of anilines is 1. The van der Waals surface area contributed by atoms with Crippen molar-refractivity contribution in [2.24, 2.45) is 0 Å². The van der Waals surface area contributed by atoms with Crippen LogP contribution in [-0.2, 0) is 16.6 Å². The fourth-order valence-electron chi connectivity index (χ4n) is 3.44. The molecule has 0 aliphatic carbocycles. The standard InChI is InChI=1S/C24H25NO5S/c1-3-28-21-10-8-20(9-11-21)25(17-19-7-5-4-6-18(19)2)31(26,27)22-12-13-23-24(16-22)30-15-14-29-23/h4-13,16H,3,14-15,17H2,1-2H3. The van der Waals surface area contributed by atoms with Crippen molar-refractivity contribution in [2.75, 3.05) is 24.1 Å². The number of benzene rings is 3. The molecule has 0 spiro atoms. The highest BCUT2D eigenvalue weighted by atomic mass is 32.2. The minimum absolute atomic E-state index is 0.152. The first-order chi connectivity index (χ1) is 15.0. The molecule has 0 unspecified atom stereocenters. The number of ether oxygens (including phenoxy) is 3. The van der Waals surface area contributed by atoms with Gasteiger partial charge in [0.05, 0.1) is 23.7 Å². The number of rotatable bonds is 7. The molecule has 3 aromatic rings. The average Bonchev–Trinajstić information content (AvgIpc) is 2.79. The topological polar surface area (TPSA) is 65.1 Å². The minimum atomic E-state index is -3.87. The summed E-state index contributed by atoms with van der Waals surface area (Å²) in [5.41, 5.74) is 2.51. The van der Waals surface area contributed by atoms with E-state index < -0.39 is 10.0 Å². The van der Waals surface area contributed by atoms with Gasteiger partial charge in [0.1, 0.15) is 19.0 Å². The summed E-state index contributed by atoms with van der Waals surface area (Å²) in [5.74, 6) is 1.69. The van der Waals surface area contributed by atoms with Crippen LogP contribution in [0.5, 0.6) is 17.2 Å². The van der Waals surface area contributed by atoms with Crippen LogP contribution in [0.3, 0.4) is 0 Å². The number of hydrogen-bond donors (Lipinski definition) is 0. The molecule has 1 heterocycles. The molecule has 0 fully saturated rings. The normalized spacial score (nSPS) is 13.0. The van der Waals surface area contributed by atoms with Crippen molar-refractivity contribution in [1.82, 2.24) is 0 Å². The molecule has 3 aromatic carbocycles. The molecule has 0 saturated heterocycles. The molecule has 0 atom stereocenters. The van der Waals surface area contributed by atoms with E-state index in [9.17, 15) is 8.42 Å². The van der Waals surface area contributed by atoms with Crippen molar-refractivity contribution in [1.29, 1.82) is 0 Å². The zero-order valence-corrected chi connectivity index (χ0v) is 18.4. The molecule has 0 saturated carbocycles. The van der Waals surface area contributed by atoms with Gasteiger partial charge in [0.25, 0.3) is 10.0 Å². The molecule has 1 aliphatic rings. The Labute approximate surface area is 183 Å². The zero-order valence-electron chi connectivity index (χ0n) is 17.6. The van der Waals surface area contributed by atoms with Crippen LogP contribution in [0.15, 0.2) is 71.6 Å². The van der Waals surface area contributed by atoms with Crippen LogP contribution in [0.4, 0.5) is 5.69 Å². The summed E-state index contributed by atoms with van der Waals surface area (Å²) < 4.78 is 45.5. The van der Waals surface area contributed by atoms with Crippen LogP contribution >= 0.6 is 0 Å². The predicted octanol–water partition coefficient (Wildman–Crippen LogP) is 4.56. The second-order valence-electron chi connectivity index (χ2n) is 7.17. The second kappa shape index (κ2) is 8.89. The van der Waals surface area contributed by atoms with Gasteiger partial charge < -0.3 is 14.2 Å². The van der Waals surface area contributed by atoms with Gasteiger partial charge in [0.2, 0.25) is 0 Å². The molecule has 0 amide bonds. The smallest absolute Gasteiger partial charge is 0.264 e. The third-order valence-corrected chi connectivity index (χ3v) is 6.88. The SMILES string of the molecule is CCOc1ccc(N(Cc2ccccc2C)S(=O)(=O)c2ccc3c(c2)OCCO3)cc1. The molecule has 4 rings (SSSR count). The highest BCUT2D eigenvalue weighted by molar-refractivity contribution is 7.92. The van der Waals surface area contributed by atoms with E-state index in [2.05, 4.69) is 0 Å². The molecule has 0 aromatic heterocycles. The molecule has 7 heteroatoms. The largest absolute Gasteiger partial charge is 0.494 e. The van der Waals surface area contributed by atoms with Crippen molar-refractivity contribution in [2.45, 2.75) is 25.3 Å². The van der Waals surface area contributed by atoms with Crippen LogP contribution in [0, 0.1) is 6.92 Å². The van der Waals surface area contributed by atoms with Crippen molar-refractivity contribution in [3.8, 4) is 17.2 Å². The Hall–Kier alpha value is -3.19. The fraction of sp³-hybridized carbons (Fsp3) is 0.250. The number of aryl methyl sites for hydroxylation is 1. The monoisotopic (exact) mass is 439 g/mol. The molecular weight excluding hydrogens is 414 g/mol. The lowest BCUT2D eigenvalue weighted by atomic mass is 10.1. The van der Waals surface area contributed by atoms with Gasteiger partial charge in [-0.25, -0.2) is 8.42 Å². The van der Waals surface area contributed by atoms with Gasteiger partial charge in [-0.3, -0.25) is 4.31 Å². The molecule has 162 valence electrons. The first-order valence-electron chi connectivity index (χ1n) is 10.2. The zero-order chi connectivity index (χ0) is 21.8. The summed E-state index contributed by atoms with van der Waals surface area (Å²) in [6, 6.07) is 19.6. The maximum absolute atomic E-state index is 13.7. The van der Waals surface area contributed by atoms with Crippen LogP contribution in [0.25, 0.3) is 0 Å². The predicted molar refractivity (Wildman–Crippen MR) is 120 cm³/mol. The van der Waals surface area contributed by atoms with Gasteiger partial charge in [-0.05, 0) is 61.4 Å².